The molecule has 0 spiro atoms. The van der Waals surface area contributed by atoms with E-state index >= 15 is 0 Å². The van der Waals surface area contributed by atoms with Gasteiger partial charge in [-0.1, -0.05) is 18.2 Å². The standard InChI is InChI=1S/C18H15FN2O2/c1-23-17-9-12(5-6-16(17)22)15-8-13(10-21-18(15)20)11-3-2-4-14(19)7-11/h2-10,22H,1H3,(H2,20,21). The first-order valence-electron chi connectivity index (χ1n) is 6.97. The van der Waals surface area contributed by atoms with Gasteiger partial charge in [-0.3, -0.25) is 0 Å². The van der Waals surface area contributed by atoms with Crippen molar-refractivity contribution in [3.8, 4) is 33.8 Å². The zero-order valence-electron chi connectivity index (χ0n) is 12.5. The van der Waals surface area contributed by atoms with Crippen LogP contribution in [0, 0.1) is 5.82 Å². The van der Waals surface area contributed by atoms with Crippen LogP contribution in [-0.2, 0) is 0 Å². The Labute approximate surface area is 133 Å². The molecule has 0 aliphatic carbocycles. The number of benzene rings is 2. The summed E-state index contributed by atoms with van der Waals surface area (Å²) in [5, 5.41) is 9.70. The molecule has 0 aliphatic heterocycles. The Morgan fingerprint density at radius 1 is 1.04 bits per heavy atom. The highest BCUT2D eigenvalue weighted by atomic mass is 19.1. The van der Waals surface area contributed by atoms with Gasteiger partial charge in [0.25, 0.3) is 0 Å². The Hall–Kier alpha value is -3.08. The van der Waals surface area contributed by atoms with Gasteiger partial charge >= 0.3 is 0 Å². The molecule has 0 atom stereocenters. The van der Waals surface area contributed by atoms with Crippen molar-refractivity contribution in [2.75, 3.05) is 12.8 Å². The molecular formula is C18H15FN2O2. The van der Waals surface area contributed by atoms with Gasteiger partial charge < -0.3 is 15.6 Å². The van der Waals surface area contributed by atoms with E-state index < -0.39 is 0 Å². The summed E-state index contributed by atoms with van der Waals surface area (Å²) in [6.07, 6.45) is 1.60. The van der Waals surface area contributed by atoms with E-state index in [1.54, 1.807) is 30.5 Å². The maximum atomic E-state index is 13.4. The minimum atomic E-state index is -0.313. The smallest absolute Gasteiger partial charge is 0.161 e. The van der Waals surface area contributed by atoms with Crippen molar-refractivity contribution in [2.24, 2.45) is 0 Å². The van der Waals surface area contributed by atoms with Crippen molar-refractivity contribution in [1.82, 2.24) is 4.98 Å². The Kier molecular flexibility index (Phi) is 3.85. The van der Waals surface area contributed by atoms with Crippen LogP contribution in [0.5, 0.6) is 11.5 Å². The second kappa shape index (κ2) is 5.96. The van der Waals surface area contributed by atoms with Gasteiger partial charge in [-0.15, -0.1) is 0 Å². The molecule has 0 saturated carbocycles. The van der Waals surface area contributed by atoms with E-state index in [1.165, 1.54) is 25.3 Å². The first-order chi connectivity index (χ1) is 11.1. The fraction of sp³-hybridized carbons (Fsp3) is 0.0556. The van der Waals surface area contributed by atoms with Crippen molar-refractivity contribution >= 4 is 5.82 Å². The number of hydrogen-bond donors (Lipinski definition) is 2. The number of halogens is 1. The van der Waals surface area contributed by atoms with Crippen molar-refractivity contribution < 1.29 is 14.2 Å². The van der Waals surface area contributed by atoms with Crippen LogP contribution in [0.1, 0.15) is 0 Å². The van der Waals surface area contributed by atoms with Crippen LogP contribution in [0.4, 0.5) is 10.2 Å². The molecule has 0 radical (unpaired) electrons. The fourth-order valence-corrected chi connectivity index (χ4v) is 2.38. The largest absolute Gasteiger partial charge is 0.504 e. The summed E-state index contributed by atoms with van der Waals surface area (Å²) in [6.45, 7) is 0. The molecule has 3 aromatic rings. The van der Waals surface area contributed by atoms with E-state index in [9.17, 15) is 9.50 Å². The third kappa shape index (κ3) is 2.94. The van der Waals surface area contributed by atoms with E-state index in [0.717, 1.165) is 11.1 Å². The predicted octanol–water partition coefficient (Wildman–Crippen LogP) is 3.85. The second-order valence-electron chi connectivity index (χ2n) is 5.05. The molecule has 0 aliphatic rings. The van der Waals surface area contributed by atoms with E-state index in [1.807, 2.05) is 6.07 Å². The van der Waals surface area contributed by atoms with Gasteiger partial charge in [0.2, 0.25) is 0 Å². The number of hydrogen-bond acceptors (Lipinski definition) is 4. The van der Waals surface area contributed by atoms with Gasteiger partial charge in [0.1, 0.15) is 11.6 Å². The van der Waals surface area contributed by atoms with Crippen molar-refractivity contribution in [2.45, 2.75) is 0 Å². The number of nitrogens with zero attached hydrogens (tertiary/aromatic N) is 1. The van der Waals surface area contributed by atoms with E-state index in [0.29, 0.717) is 22.7 Å². The van der Waals surface area contributed by atoms with Crippen LogP contribution in [0.25, 0.3) is 22.3 Å². The summed E-state index contributed by atoms with van der Waals surface area (Å²) in [4.78, 5) is 4.19. The quantitative estimate of drug-likeness (QED) is 0.771. The molecule has 0 bridgehead atoms. The first kappa shape index (κ1) is 14.8. The van der Waals surface area contributed by atoms with Crippen molar-refractivity contribution in [3.63, 3.8) is 0 Å². The van der Waals surface area contributed by atoms with Gasteiger partial charge in [-0.2, -0.15) is 0 Å². The maximum absolute atomic E-state index is 13.4. The van der Waals surface area contributed by atoms with Gasteiger partial charge in [-0.05, 0) is 41.5 Å². The average molecular weight is 310 g/mol. The Morgan fingerprint density at radius 2 is 1.87 bits per heavy atom. The average Bonchev–Trinajstić information content (AvgIpc) is 2.56. The third-order valence-corrected chi connectivity index (χ3v) is 3.57. The van der Waals surface area contributed by atoms with Gasteiger partial charge in [0.05, 0.1) is 7.11 Å². The van der Waals surface area contributed by atoms with Crippen LogP contribution < -0.4 is 10.5 Å². The number of aromatic hydroxyl groups is 1. The lowest BCUT2D eigenvalue weighted by Crippen LogP contribution is -1.95. The number of anilines is 1. The SMILES string of the molecule is COc1cc(-c2cc(-c3cccc(F)c3)cnc2N)ccc1O. The molecule has 116 valence electrons. The molecule has 1 aromatic heterocycles. The number of rotatable bonds is 3. The fourth-order valence-electron chi connectivity index (χ4n) is 2.38. The molecule has 3 N–H and O–H groups in total. The Balaban J connectivity index is 2.11. The minimum absolute atomic E-state index is 0.0454. The highest BCUT2D eigenvalue weighted by Crippen LogP contribution is 2.35. The summed E-state index contributed by atoms with van der Waals surface area (Å²) in [6, 6.07) is 13.0. The monoisotopic (exact) mass is 310 g/mol. The minimum Gasteiger partial charge on any atom is -0.504 e. The first-order valence-corrected chi connectivity index (χ1v) is 6.97. The zero-order valence-corrected chi connectivity index (χ0v) is 12.5. The Morgan fingerprint density at radius 3 is 2.61 bits per heavy atom. The summed E-state index contributed by atoms with van der Waals surface area (Å²) in [5.74, 6) is 0.423. The Bertz CT molecular complexity index is 865. The zero-order chi connectivity index (χ0) is 16.4. The molecular weight excluding hydrogens is 295 g/mol. The maximum Gasteiger partial charge on any atom is 0.161 e. The second-order valence-corrected chi connectivity index (χ2v) is 5.05. The molecule has 4 nitrogen and oxygen atoms in total. The molecule has 23 heavy (non-hydrogen) atoms. The molecule has 3 rings (SSSR count). The van der Waals surface area contributed by atoms with E-state index in [4.69, 9.17) is 10.5 Å². The van der Waals surface area contributed by atoms with Crippen LogP contribution >= 0.6 is 0 Å². The highest BCUT2D eigenvalue weighted by molar-refractivity contribution is 5.80. The molecule has 5 heteroatoms. The molecule has 0 saturated heterocycles. The van der Waals surface area contributed by atoms with Crippen molar-refractivity contribution in [3.05, 3.63) is 60.5 Å². The molecule has 0 unspecified atom stereocenters. The number of phenolic OH excluding ortho intramolecular Hbond substituents is 1. The normalized spacial score (nSPS) is 10.5. The summed E-state index contributed by atoms with van der Waals surface area (Å²) in [7, 11) is 1.48. The summed E-state index contributed by atoms with van der Waals surface area (Å²) in [5.41, 5.74) is 8.87. The molecule has 0 fully saturated rings. The van der Waals surface area contributed by atoms with E-state index in [2.05, 4.69) is 4.98 Å². The lowest BCUT2D eigenvalue weighted by molar-refractivity contribution is 0.373. The number of pyridine rings is 1. The number of ether oxygens (including phenoxy) is 1. The van der Waals surface area contributed by atoms with Crippen LogP contribution in [0.3, 0.4) is 0 Å². The predicted molar refractivity (Wildman–Crippen MR) is 87.7 cm³/mol. The van der Waals surface area contributed by atoms with Gasteiger partial charge in [0, 0.05) is 17.3 Å². The summed E-state index contributed by atoms with van der Waals surface area (Å²) < 4.78 is 18.5. The number of nitrogen functional groups attached to an aromatic ring is 1. The van der Waals surface area contributed by atoms with Gasteiger partial charge in [0.15, 0.2) is 11.5 Å². The molecule has 0 amide bonds. The molecule has 2 aromatic carbocycles. The van der Waals surface area contributed by atoms with Crippen LogP contribution in [0.2, 0.25) is 0 Å². The lowest BCUT2D eigenvalue weighted by Gasteiger charge is -2.10. The summed E-state index contributed by atoms with van der Waals surface area (Å²) >= 11 is 0. The number of nitrogens with two attached hydrogens (primary N) is 1. The molecule has 1 heterocycles. The number of phenols is 1. The topological polar surface area (TPSA) is 68.4 Å². The van der Waals surface area contributed by atoms with Crippen LogP contribution in [-0.4, -0.2) is 17.2 Å². The third-order valence-electron chi connectivity index (χ3n) is 3.57. The van der Waals surface area contributed by atoms with Gasteiger partial charge in [-0.25, -0.2) is 9.37 Å². The highest BCUT2D eigenvalue weighted by Gasteiger charge is 2.10. The number of methoxy groups -OCH3 is 1. The van der Waals surface area contributed by atoms with Crippen LogP contribution in [0.15, 0.2) is 54.7 Å². The lowest BCUT2D eigenvalue weighted by atomic mass is 10.0. The van der Waals surface area contributed by atoms with Crippen molar-refractivity contribution in [1.29, 1.82) is 0 Å². The number of aromatic nitrogens is 1. The van der Waals surface area contributed by atoms with E-state index in [-0.39, 0.29) is 11.6 Å².